The molecule has 2 N–H and O–H groups in total. The third-order valence-corrected chi connectivity index (χ3v) is 4.50. The van der Waals surface area contributed by atoms with Gasteiger partial charge in [-0.1, -0.05) is 43.5 Å². The van der Waals surface area contributed by atoms with E-state index >= 15 is 0 Å². The lowest BCUT2D eigenvalue weighted by atomic mass is 9.70. The number of hydrogen-bond donors (Lipinski definition) is 1. The maximum absolute atomic E-state index is 6.58. The highest BCUT2D eigenvalue weighted by Gasteiger charge is 2.34. The van der Waals surface area contributed by atoms with Crippen LogP contribution in [0.4, 0.5) is 0 Å². The first kappa shape index (κ1) is 12.9. The van der Waals surface area contributed by atoms with E-state index < -0.39 is 0 Å². The zero-order valence-corrected chi connectivity index (χ0v) is 11.5. The molecule has 1 fully saturated rings. The van der Waals surface area contributed by atoms with Crippen LogP contribution >= 0.6 is 11.6 Å². The van der Waals surface area contributed by atoms with E-state index in [1.165, 1.54) is 31.2 Å². The molecule has 0 bridgehead atoms. The molecule has 1 saturated carbocycles. The minimum atomic E-state index is -0.223. The first-order chi connectivity index (χ1) is 8.00. The van der Waals surface area contributed by atoms with Gasteiger partial charge in [-0.15, -0.1) is 0 Å². The van der Waals surface area contributed by atoms with Crippen LogP contribution in [0.5, 0.6) is 0 Å². The van der Waals surface area contributed by atoms with Crippen molar-refractivity contribution in [3.8, 4) is 0 Å². The van der Waals surface area contributed by atoms with Gasteiger partial charge < -0.3 is 5.73 Å². The molecule has 0 aliphatic heterocycles. The van der Waals surface area contributed by atoms with Crippen LogP contribution in [0.3, 0.4) is 0 Å². The second-order valence-electron chi connectivity index (χ2n) is 5.76. The minimum Gasteiger partial charge on any atom is -0.321 e. The Balaban J connectivity index is 2.19. The summed E-state index contributed by atoms with van der Waals surface area (Å²) >= 11 is 5.93. The van der Waals surface area contributed by atoms with E-state index in [9.17, 15) is 0 Å². The molecule has 0 aromatic heterocycles. The third-order valence-electron chi connectivity index (χ3n) is 4.25. The molecule has 2 heteroatoms. The van der Waals surface area contributed by atoms with Crippen LogP contribution in [-0.2, 0) is 5.54 Å². The monoisotopic (exact) mass is 251 g/mol. The number of hydrogen-bond acceptors (Lipinski definition) is 1. The summed E-state index contributed by atoms with van der Waals surface area (Å²) in [5, 5.41) is 0.779. The average Bonchev–Trinajstić information content (AvgIpc) is 2.29. The molecule has 1 aliphatic rings. The lowest BCUT2D eigenvalue weighted by Crippen LogP contribution is -2.43. The molecule has 2 rings (SSSR count). The molecular weight excluding hydrogens is 230 g/mol. The molecule has 0 saturated heterocycles. The normalized spacial score (nSPS) is 28.7. The molecular formula is C15H22ClN. The molecule has 1 aromatic rings. The van der Waals surface area contributed by atoms with Crippen molar-refractivity contribution in [1.29, 1.82) is 0 Å². The largest absolute Gasteiger partial charge is 0.321 e. The van der Waals surface area contributed by atoms with Crippen LogP contribution in [0.1, 0.15) is 45.1 Å². The van der Waals surface area contributed by atoms with Gasteiger partial charge in [0.2, 0.25) is 0 Å². The van der Waals surface area contributed by atoms with Crippen molar-refractivity contribution in [1.82, 2.24) is 0 Å². The molecule has 0 amide bonds. The molecule has 17 heavy (non-hydrogen) atoms. The Labute approximate surface area is 109 Å². The molecule has 0 spiro atoms. The van der Waals surface area contributed by atoms with Crippen LogP contribution in [0.2, 0.25) is 5.02 Å². The highest BCUT2D eigenvalue weighted by atomic mass is 35.5. The molecule has 1 nitrogen and oxygen atoms in total. The van der Waals surface area contributed by atoms with Crippen LogP contribution in [0, 0.1) is 11.8 Å². The van der Waals surface area contributed by atoms with Gasteiger partial charge in [-0.2, -0.15) is 0 Å². The van der Waals surface area contributed by atoms with E-state index in [-0.39, 0.29) is 5.54 Å². The van der Waals surface area contributed by atoms with Gasteiger partial charge in [0.05, 0.1) is 0 Å². The van der Waals surface area contributed by atoms with Crippen molar-refractivity contribution in [3.63, 3.8) is 0 Å². The van der Waals surface area contributed by atoms with Gasteiger partial charge in [0.25, 0.3) is 0 Å². The smallest absolute Gasteiger partial charge is 0.0409 e. The Morgan fingerprint density at radius 2 is 1.88 bits per heavy atom. The predicted molar refractivity (Wildman–Crippen MR) is 74.1 cm³/mol. The highest BCUT2D eigenvalue weighted by molar-refractivity contribution is 6.30. The van der Waals surface area contributed by atoms with Gasteiger partial charge in [0.1, 0.15) is 0 Å². The van der Waals surface area contributed by atoms with Crippen molar-refractivity contribution < 1.29 is 0 Å². The van der Waals surface area contributed by atoms with Crippen molar-refractivity contribution in [2.24, 2.45) is 17.6 Å². The fourth-order valence-corrected chi connectivity index (χ4v) is 3.15. The predicted octanol–water partition coefficient (Wildman–Crippen LogP) is 4.34. The number of nitrogens with two attached hydrogens (primary N) is 1. The molecule has 94 valence electrons. The molecule has 0 heterocycles. The van der Waals surface area contributed by atoms with Gasteiger partial charge >= 0.3 is 0 Å². The Morgan fingerprint density at radius 3 is 2.47 bits per heavy atom. The molecule has 3 unspecified atom stereocenters. The summed E-state index contributed by atoms with van der Waals surface area (Å²) in [6.45, 7) is 4.50. The maximum Gasteiger partial charge on any atom is 0.0409 e. The summed E-state index contributed by atoms with van der Waals surface area (Å²) in [6.07, 6.45) is 5.16. The summed E-state index contributed by atoms with van der Waals surface area (Å²) in [7, 11) is 0. The summed E-state index contributed by atoms with van der Waals surface area (Å²) in [5.74, 6) is 1.40. The van der Waals surface area contributed by atoms with Crippen LogP contribution in [-0.4, -0.2) is 0 Å². The summed E-state index contributed by atoms with van der Waals surface area (Å²) in [4.78, 5) is 0. The Bertz CT molecular complexity index is 369. The fourth-order valence-electron chi connectivity index (χ4n) is 3.02. The molecule has 3 atom stereocenters. The third kappa shape index (κ3) is 2.83. The quantitative estimate of drug-likeness (QED) is 0.831. The van der Waals surface area contributed by atoms with Gasteiger partial charge in [0, 0.05) is 10.6 Å². The van der Waals surface area contributed by atoms with E-state index in [0.29, 0.717) is 5.92 Å². The van der Waals surface area contributed by atoms with Gasteiger partial charge in [-0.25, -0.2) is 0 Å². The topological polar surface area (TPSA) is 26.0 Å². The fraction of sp³-hybridized carbons (Fsp3) is 0.600. The van der Waals surface area contributed by atoms with Crippen LogP contribution < -0.4 is 5.73 Å². The van der Waals surface area contributed by atoms with Crippen molar-refractivity contribution >= 4 is 11.6 Å². The standard InChI is InChI=1S/C15H22ClN/c1-11-4-3-5-13(10-11)15(2,17)12-6-8-14(16)9-7-12/h6-9,11,13H,3-5,10,17H2,1-2H3. The Morgan fingerprint density at radius 1 is 1.24 bits per heavy atom. The average molecular weight is 252 g/mol. The van der Waals surface area contributed by atoms with Crippen molar-refractivity contribution in [3.05, 3.63) is 34.9 Å². The van der Waals surface area contributed by atoms with E-state index in [1.807, 2.05) is 12.1 Å². The van der Waals surface area contributed by atoms with Crippen LogP contribution in [0.15, 0.2) is 24.3 Å². The van der Waals surface area contributed by atoms with Crippen molar-refractivity contribution in [2.45, 2.75) is 45.1 Å². The molecule has 1 aromatic carbocycles. The zero-order chi connectivity index (χ0) is 12.5. The lowest BCUT2D eigenvalue weighted by Gasteiger charge is -2.39. The van der Waals surface area contributed by atoms with E-state index in [2.05, 4.69) is 26.0 Å². The van der Waals surface area contributed by atoms with E-state index in [4.69, 9.17) is 17.3 Å². The van der Waals surface area contributed by atoms with Gasteiger partial charge in [-0.3, -0.25) is 0 Å². The van der Waals surface area contributed by atoms with Gasteiger partial charge in [-0.05, 0) is 49.3 Å². The van der Waals surface area contributed by atoms with E-state index in [1.54, 1.807) is 0 Å². The number of halogens is 1. The maximum atomic E-state index is 6.58. The van der Waals surface area contributed by atoms with Gasteiger partial charge in [0.15, 0.2) is 0 Å². The first-order valence-electron chi connectivity index (χ1n) is 6.55. The SMILES string of the molecule is CC1CCCC(C(C)(N)c2ccc(Cl)cc2)C1. The highest BCUT2D eigenvalue weighted by Crippen LogP contribution is 2.39. The summed E-state index contributed by atoms with van der Waals surface area (Å²) in [6, 6.07) is 8.02. The zero-order valence-electron chi connectivity index (χ0n) is 10.7. The summed E-state index contributed by atoms with van der Waals surface area (Å²) < 4.78 is 0. The number of benzene rings is 1. The Hall–Kier alpha value is -0.530. The Kier molecular flexibility index (Phi) is 3.79. The molecule has 0 radical (unpaired) electrons. The minimum absolute atomic E-state index is 0.223. The second-order valence-corrected chi connectivity index (χ2v) is 6.19. The molecule has 1 aliphatic carbocycles. The second kappa shape index (κ2) is 4.99. The first-order valence-corrected chi connectivity index (χ1v) is 6.93. The van der Waals surface area contributed by atoms with E-state index in [0.717, 1.165) is 10.9 Å². The lowest BCUT2D eigenvalue weighted by molar-refractivity contribution is 0.185. The summed E-state index contributed by atoms with van der Waals surface area (Å²) in [5.41, 5.74) is 7.57. The number of rotatable bonds is 2. The van der Waals surface area contributed by atoms with Crippen molar-refractivity contribution in [2.75, 3.05) is 0 Å². The van der Waals surface area contributed by atoms with Crippen LogP contribution in [0.25, 0.3) is 0 Å².